The highest BCUT2D eigenvalue weighted by atomic mass is 16.5. The van der Waals surface area contributed by atoms with Crippen LogP contribution >= 0.6 is 0 Å². The van der Waals surface area contributed by atoms with Crippen molar-refractivity contribution in [3.63, 3.8) is 0 Å². The zero-order chi connectivity index (χ0) is 12.0. The summed E-state index contributed by atoms with van der Waals surface area (Å²) in [6.45, 7) is 5.40. The van der Waals surface area contributed by atoms with E-state index in [1.54, 1.807) is 0 Å². The van der Waals surface area contributed by atoms with E-state index >= 15 is 0 Å². The second-order valence-corrected chi connectivity index (χ2v) is 6.82. The lowest BCUT2D eigenvalue weighted by molar-refractivity contribution is -0.0953. The van der Waals surface area contributed by atoms with Crippen LogP contribution in [0.1, 0.15) is 52.4 Å². The van der Waals surface area contributed by atoms with Crippen LogP contribution in [0.3, 0.4) is 0 Å². The predicted molar refractivity (Wildman–Crippen MR) is 68.9 cm³/mol. The number of hydrogen-bond acceptors (Lipinski definition) is 3. The molecule has 3 heterocycles. The molecule has 17 heavy (non-hydrogen) atoms. The Bertz CT molecular complexity index is 278. The molecule has 0 aliphatic carbocycles. The zero-order valence-electron chi connectivity index (χ0n) is 11.2. The van der Waals surface area contributed by atoms with E-state index in [1.165, 1.54) is 38.5 Å². The van der Waals surface area contributed by atoms with Gasteiger partial charge in [0.25, 0.3) is 0 Å². The fourth-order valence-electron chi connectivity index (χ4n) is 4.31. The molecule has 0 amide bonds. The van der Waals surface area contributed by atoms with E-state index in [2.05, 4.69) is 18.7 Å². The van der Waals surface area contributed by atoms with Crippen LogP contribution < -0.4 is 5.73 Å². The molecule has 3 aliphatic heterocycles. The maximum absolute atomic E-state index is 6.15. The van der Waals surface area contributed by atoms with Gasteiger partial charge < -0.3 is 10.5 Å². The third kappa shape index (κ3) is 2.25. The second-order valence-electron chi connectivity index (χ2n) is 6.82. The van der Waals surface area contributed by atoms with Gasteiger partial charge in [-0.15, -0.1) is 0 Å². The summed E-state index contributed by atoms with van der Waals surface area (Å²) in [6.07, 6.45) is 7.58. The molecule has 2 bridgehead atoms. The van der Waals surface area contributed by atoms with E-state index in [0.29, 0.717) is 6.04 Å². The van der Waals surface area contributed by atoms with Crippen molar-refractivity contribution in [2.45, 2.75) is 82.1 Å². The second kappa shape index (κ2) is 4.22. The summed E-state index contributed by atoms with van der Waals surface area (Å²) in [5, 5.41) is 0. The Hall–Kier alpha value is -0.120. The third-order valence-corrected chi connectivity index (χ3v) is 4.92. The Morgan fingerprint density at radius 3 is 2.29 bits per heavy atom. The molecule has 98 valence electrons. The van der Waals surface area contributed by atoms with Crippen LogP contribution in [-0.2, 0) is 4.74 Å². The summed E-state index contributed by atoms with van der Waals surface area (Å²) in [7, 11) is 0. The summed E-state index contributed by atoms with van der Waals surface area (Å²) < 4.78 is 5.85. The SMILES string of the molecule is CC1(C)CC(N2C3CCC2CC(N)C3)CCO1. The quantitative estimate of drug-likeness (QED) is 0.758. The molecule has 3 aliphatic rings. The van der Waals surface area contributed by atoms with Crippen LogP contribution in [-0.4, -0.2) is 41.3 Å². The number of ether oxygens (including phenoxy) is 1. The first kappa shape index (κ1) is 11.9. The number of hydrogen-bond donors (Lipinski definition) is 1. The minimum atomic E-state index is 0.0713. The molecule has 3 atom stereocenters. The molecule has 3 heteroatoms. The molecule has 0 aromatic heterocycles. The van der Waals surface area contributed by atoms with Gasteiger partial charge in [0.2, 0.25) is 0 Å². The molecule has 0 radical (unpaired) electrons. The topological polar surface area (TPSA) is 38.5 Å². The van der Waals surface area contributed by atoms with E-state index in [9.17, 15) is 0 Å². The Labute approximate surface area is 105 Å². The Balaban J connectivity index is 1.72. The van der Waals surface area contributed by atoms with E-state index in [0.717, 1.165) is 24.7 Å². The molecule has 2 N–H and O–H groups in total. The smallest absolute Gasteiger partial charge is 0.0641 e. The van der Waals surface area contributed by atoms with Crippen LogP contribution in [0.5, 0.6) is 0 Å². The van der Waals surface area contributed by atoms with Gasteiger partial charge in [0.1, 0.15) is 0 Å². The zero-order valence-corrected chi connectivity index (χ0v) is 11.2. The molecule has 0 saturated carbocycles. The first-order chi connectivity index (χ1) is 8.05. The van der Waals surface area contributed by atoms with Crippen molar-refractivity contribution in [1.82, 2.24) is 4.90 Å². The van der Waals surface area contributed by atoms with Gasteiger partial charge >= 0.3 is 0 Å². The molecule has 0 spiro atoms. The average Bonchev–Trinajstić information content (AvgIpc) is 2.50. The largest absolute Gasteiger partial charge is 0.375 e. The predicted octanol–water partition coefficient (Wildman–Crippen LogP) is 1.90. The molecule has 3 saturated heterocycles. The summed E-state index contributed by atoms with van der Waals surface area (Å²) in [5.41, 5.74) is 6.22. The molecular formula is C14H26N2O. The highest BCUT2D eigenvalue weighted by Gasteiger charge is 2.45. The number of fused-ring (bicyclic) bond motifs is 2. The van der Waals surface area contributed by atoms with Gasteiger partial charge in [0.05, 0.1) is 5.60 Å². The molecular weight excluding hydrogens is 212 g/mol. The van der Waals surface area contributed by atoms with Crippen LogP contribution in [0.2, 0.25) is 0 Å². The first-order valence-electron chi connectivity index (χ1n) is 7.22. The minimum absolute atomic E-state index is 0.0713. The molecule has 3 nitrogen and oxygen atoms in total. The maximum Gasteiger partial charge on any atom is 0.0641 e. The van der Waals surface area contributed by atoms with Gasteiger partial charge in [-0.1, -0.05) is 0 Å². The van der Waals surface area contributed by atoms with Gasteiger partial charge in [-0.3, -0.25) is 4.90 Å². The lowest BCUT2D eigenvalue weighted by atomic mass is 9.88. The Morgan fingerprint density at radius 1 is 1.06 bits per heavy atom. The summed E-state index contributed by atoms with van der Waals surface area (Å²) in [4.78, 5) is 2.81. The van der Waals surface area contributed by atoms with Crippen LogP contribution in [0.4, 0.5) is 0 Å². The monoisotopic (exact) mass is 238 g/mol. The highest BCUT2D eigenvalue weighted by molar-refractivity contribution is 5.01. The van der Waals surface area contributed by atoms with Crippen molar-refractivity contribution in [2.24, 2.45) is 5.73 Å². The van der Waals surface area contributed by atoms with Crippen LogP contribution in [0.15, 0.2) is 0 Å². The number of nitrogens with two attached hydrogens (primary N) is 1. The Kier molecular flexibility index (Phi) is 2.96. The van der Waals surface area contributed by atoms with Gasteiger partial charge in [-0.2, -0.15) is 0 Å². The van der Waals surface area contributed by atoms with E-state index in [4.69, 9.17) is 10.5 Å². The van der Waals surface area contributed by atoms with Gasteiger partial charge in [-0.05, 0) is 52.4 Å². The van der Waals surface area contributed by atoms with Crippen LogP contribution in [0.25, 0.3) is 0 Å². The number of piperidine rings is 1. The average molecular weight is 238 g/mol. The van der Waals surface area contributed by atoms with E-state index < -0.39 is 0 Å². The fourth-order valence-corrected chi connectivity index (χ4v) is 4.31. The van der Waals surface area contributed by atoms with Gasteiger partial charge in [-0.25, -0.2) is 0 Å². The van der Waals surface area contributed by atoms with Crippen LogP contribution in [0, 0.1) is 0 Å². The Morgan fingerprint density at radius 2 is 1.71 bits per heavy atom. The minimum Gasteiger partial charge on any atom is -0.375 e. The molecule has 3 rings (SSSR count). The fraction of sp³-hybridized carbons (Fsp3) is 1.00. The molecule has 3 unspecified atom stereocenters. The van der Waals surface area contributed by atoms with Crippen molar-refractivity contribution in [1.29, 1.82) is 0 Å². The number of rotatable bonds is 1. The van der Waals surface area contributed by atoms with E-state index in [1.807, 2.05) is 0 Å². The van der Waals surface area contributed by atoms with Crippen molar-refractivity contribution in [2.75, 3.05) is 6.61 Å². The standard InChI is InChI=1S/C14H26N2O/c1-14(2)9-13(5-6-17-14)16-11-3-4-12(16)8-10(15)7-11/h10-13H,3-9,15H2,1-2H3. The van der Waals surface area contributed by atoms with Gasteiger partial charge in [0, 0.05) is 30.8 Å². The first-order valence-corrected chi connectivity index (χ1v) is 7.22. The van der Waals surface area contributed by atoms with Crippen molar-refractivity contribution in [3.05, 3.63) is 0 Å². The highest BCUT2D eigenvalue weighted by Crippen LogP contribution is 2.40. The normalized spacial score (nSPS) is 46.1. The number of nitrogens with zero attached hydrogens (tertiary/aromatic N) is 1. The molecule has 0 aromatic carbocycles. The maximum atomic E-state index is 6.15. The van der Waals surface area contributed by atoms with Crippen molar-refractivity contribution >= 4 is 0 Å². The van der Waals surface area contributed by atoms with Crippen molar-refractivity contribution in [3.8, 4) is 0 Å². The molecule has 0 aromatic rings. The third-order valence-electron chi connectivity index (χ3n) is 4.92. The molecule has 3 fully saturated rings. The van der Waals surface area contributed by atoms with Crippen molar-refractivity contribution < 1.29 is 4.74 Å². The summed E-state index contributed by atoms with van der Waals surface area (Å²) in [5.74, 6) is 0. The lowest BCUT2D eigenvalue weighted by Crippen LogP contribution is -2.55. The lowest BCUT2D eigenvalue weighted by Gasteiger charge is -2.47. The summed E-state index contributed by atoms with van der Waals surface area (Å²) in [6, 6.07) is 2.73. The summed E-state index contributed by atoms with van der Waals surface area (Å²) >= 11 is 0. The van der Waals surface area contributed by atoms with Gasteiger partial charge in [0.15, 0.2) is 0 Å². The van der Waals surface area contributed by atoms with E-state index in [-0.39, 0.29) is 5.60 Å².